The summed E-state index contributed by atoms with van der Waals surface area (Å²) < 4.78 is 5.54. The van der Waals surface area contributed by atoms with Gasteiger partial charge in [-0.2, -0.15) is 0 Å². The third-order valence-corrected chi connectivity index (χ3v) is 6.16. The van der Waals surface area contributed by atoms with Crippen LogP contribution < -0.4 is 5.32 Å². The van der Waals surface area contributed by atoms with Gasteiger partial charge in [-0.3, -0.25) is 9.59 Å². The lowest BCUT2D eigenvalue weighted by Crippen LogP contribution is -2.43. The van der Waals surface area contributed by atoms with E-state index in [0.717, 1.165) is 22.0 Å². The number of esters is 1. The number of Topliss-reactive ketones (excluding diaryl/α,β-unsaturated/α-hetero) is 1. The van der Waals surface area contributed by atoms with Gasteiger partial charge in [0.05, 0.1) is 5.52 Å². The van der Waals surface area contributed by atoms with E-state index in [1.165, 1.54) is 6.92 Å². The minimum Gasteiger partial charge on any atom is -0.459 e. The Morgan fingerprint density at radius 1 is 0.865 bits per heavy atom. The topological polar surface area (TPSA) is 101 Å². The summed E-state index contributed by atoms with van der Waals surface area (Å²) in [6.45, 7) is 1.50. The number of carbonyl (C=O) groups excluding carboxylic acids is 3. The highest BCUT2D eigenvalue weighted by atomic mass is 16.5. The number of rotatable bonds is 8. The zero-order chi connectivity index (χ0) is 25.8. The number of ketones is 1. The summed E-state index contributed by atoms with van der Waals surface area (Å²) in [5.74, 6) is -1.39. The number of amides is 1. The molecule has 0 radical (unpaired) electrons. The highest BCUT2D eigenvalue weighted by Crippen LogP contribution is 2.28. The number of carbonyl (C=O) groups is 3. The highest BCUT2D eigenvalue weighted by Gasteiger charge is 2.25. The quantitative estimate of drug-likeness (QED) is 0.235. The fourth-order valence-corrected chi connectivity index (χ4v) is 4.32. The maximum Gasteiger partial charge on any atom is 0.329 e. The van der Waals surface area contributed by atoms with Crippen molar-refractivity contribution in [3.63, 3.8) is 0 Å². The van der Waals surface area contributed by atoms with Crippen LogP contribution in [0.1, 0.15) is 39.0 Å². The first-order valence-corrected chi connectivity index (χ1v) is 12.0. The zero-order valence-electron chi connectivity index (χ0n) is 20.2. The normalized spacial score (nSPS) is 11.8. The van der Waals surface area contributed by atoms with Gasteiger partial charge in [-0.05, 0) is 23.3 Å². The van der Waals surface area contributed by atoms with Crippen LogP contribution in [0.25, 0.3) is 21.8 Å². The summed E-state index contributed by atoms with van der Waals surface area (Å²) in [5, 5.41) is 4.38. The third-order valence-electron chi connectivity index (χ3n) is 6.16. The van der Waals surface area contributed by atoms with Crippen molar-refractivity contribution in [2.75, 3.05) is 0 Å². The van der Waals surface area contributed by atoms with Gasteiger partial charge in [0.1, 0.15) is 24.0 Å². The molecule has 0 fully saturated rings. The minimum atomic E-state index is -0.945. The van der Waals surface area contributed by atoms with Crippen molar-refractivity contribution in [2.24, 2.45) is 0 Å². The van der Waals surface area contributed by atoms with Crippen molar-refractivity contribution in [3.05, 3.63) is 114 Å². The number of aromatic nitrogens is 2. The monoisotopic (exact) mass is 491 g/mol. The maximum absolute atomic E-state index is 13.4. The molecule has 5 aromatic rings. The van der Waals surface area contributed by atoms with Gasteiger partial charge < -0.3 is 15.0 Å². The Balaban J connectivity index is 1.45. The second-order valence-electron chi connectivity index (χ2n) is 8.81. The molecule has 0 unspecified atom stereocenters. The van der Waals surface area contributed by atoms with Gasteiger partial charge in [-0.1, -0.05) is 78.9 Å². The number of nitrogens with zero attached hydrogens (tertiary/aromatic N) is 1. The Hall–Kier alpha value is -4.78. The van der Waals surface area contributed by atoms with Crippen LogP contribution in [0.3, 0.4) is 0 Å². The third kappa shape index (κ3) is 5.26. The van der Waals surface area contributed by atoms with Gasteiger partial charge in [0.25, 0.3) is 5.91 Å². The first-order valence-electron chi connectivity index (χ1n) is 12.0. The summed E-state index contributed by atoms with van der Waals surface area (Å²) in [5.41, 5.74) is 3.35. The molecule has 2 heterocycles. The van der Waals surface area contributed by atoms with E-state index >= 15 is 0 Å². The molecule has 7 heteroatoms. The van der Waals surface area contributed by atoms with Crippen LogP contribution in [0, 0.1) is 0 Å². The summed E-state index contributed by atoms with van der Waals surface area (Å²) in [7, 11) is 0. The van der Waals surface area contributed by atoms with Crippen molar-refractivity contribution < 1.29 is 19.1 Å². The van der Waals surface area contributed by atoms with Crippen LogP contribution >= 0.6 is 0 Å². The van der Waals surface area contributed by atoms with E-state index in [1.54, 1.807) is 6.07 Å². The van der Waals surface area contributed by atoms with Gasteiger partial charge in [0, 0.05) is 29.6 Å². The SMILES string of the molecule is CC(=O)c1nc(C(=O)N[C@@H](Cc2ccccc2)C(=O)OCc2ccccc2)cc2c1[nH]c1ccccc12. The summed E-state index contributed by atoms with van der Waals surface area (Å²) >= 11 is 0. The van der Waals surface area contributed by atoms with E-state index in [0.29, 0.717) is 10.9 Å². The molecular weight excluding hydrogens is 466 g/mol. The van der Waals surface area contributed by atoms with Gasteiger partial charge in [-0.25, -0.2) is 9.78 Å². The van der Waals surface area contributed by atoms with Gasteiger partial charge in [0.15, 0.2) is 5.78 Å². The molecule has 0 aliphatic heterocycles. The highest BCUT2D eigenvalue weighted by molar-refractivity contribution is 6.15. The predicted molar refractivity (Wildman–Crippen MR) is 141 cm³/mol. The second-order valence-corrected chi connectivity index (χ2v) is 8.81. The average Bonchev–Trinajstić information content (AvgIpc) is 3.30. The predicted octanol–water partition coefficient (Wildman–Crippen LogP) is 5.00. The molecule has 2 N–H and O–H groups in total. The molecule has 1 atom stereocenters. The van der Waals surface area contributed by atoms with Crippen LogP contribution in [-0.2, 0) is 22.6 Å². The fourth-order valence-electron chi connectivity index (χ4n) is 4.32. The van der Waals surface area contributed by atoms with Gasteiger partial charge in [-0.15, -0.1) is 0 Å². The number of ether oxygens (including phenoxy) is 1. The van der Waals surface area contributed by atoms with E-state index < -0.39 is 17.9 Å². The minimum absolute atomic E-state index is 0.0522. The van der Waals surface area contributed by atoms with Crippen LogP contribution in [0.15, 0.2) is 91.0 Å². The van der Waals surface area contributed by atoms with E-state index in [1.807, 2.05) is 84.9 Å². The second kappa shape index (κ2) is 10.5. The smallest absolute Gasteiger partial charge is 0.329 e. The molecule has 3 aromatic carbocycles. The number of para-hydroxylation sites is 1. The largest absolute Gasteiger partial charge is 0.459 e. The molecule has 0 aliphatic rings. The molecule has 0 saturated carbocycles. The number of aromatic amines is 1. The van der Waals surface area contributed by atoms with Crippen LogP contribution in [0.5, 0.6) is 0 Å². The zero-order valence-corrected chi connectivity index (χ0v) is 20.2. The number of benzene rings is 3. The van der Waals surface area contributed by atoms with Crippen molar-refractivity contribution in [2.45, 2.75) is 26.0 Å². The van der Waals surface area contributed by atoms with Gasteiger partial charge >= 0.3 is 5.97 Å². The van der Waals surface area contributed by atoms with E-state index in [2.05, 4.69) is 15.3 Å². The van der Waals surface area contributed by atoms with Crippen molar-refractivity contribution in [3.8, 4) is 0 Å². The molecule has 184 valence electrons. The first kappa shape index (κ1) is 23.9. The Labute approximate surface area is 213 Å². The van der Waals surface area contributed by atoms with Gasteiger partial charge in [0.2, 0.25) is 0 Å². The average molecular weight is 492 g/mol. The molecule has 0 bridgehead atoms. The number of nitrogens with one attached hydrogen (secondary N) is 2. The lowest BCUT2D eigenvalue weighted by atomic mass is 10.1. The molecule has 0 saturated heterocycles. The van der Waals surface area contributed by atoms with Crippen LogP contribution in [-0.4, -0.2) is 33.7 Å². The molecule has 0 aliphatic carbocycles. The van der Waals surface area contributed by atoms with Crippen LogP contribution in [0.4, 0.5) is 0 Å². The number of hydrogen-bond acceptors (Lipinski definition) is 5. The number of hydrogen-bond donors (Lipinski definition) is 2. The maximum atomic E-state index is 13.4. The lowest BCUT2D eigenvalue weighted by Gasteiger charge is -2.18. The number of H-pyrrole nitrogens is 1. The fraction of sp³-hybridized carbons (Fsp3) is 0.133. The Morgan fingerprint density at radius 3 is 2.22 bits per heavy atom. The number of pyridine rings is 1. The molecule has 1 amide bonds. The van der Waals surface area contributed by atoms with E-state index in [4.69, 9.17) is 4.74 Å². The Kier molecular flexibility index (Phi) is 6.76. The lowest BCUT2D eigenvalue weighted by molar-refractivity contribution is -0.147. The van der Waals surface area contributed by atoms with Crippen LogP contribution in [0.2, 0.25) is 0 Å². The summed E-state index contributed by atoms with van der Waals surface area (Å²) in [6.07, 6.45) is 0.245. The molecular formula is C30H25N3O4. The molecule has 7 nitrogen and oxygen atoms in total. The summed E-state index contributed by atoms with van der Waals surface area (Å²) in [4.78, 5) is 46.5. The Morgan fingerprint density at radius 2 is 1.51 bits per heavy atom. The molecule has 0 spiro atoms. The molecule has 5 rings (SSSR count). The van der Waals surface area contributed by atoms with Crippen molar-refractivity contribution in [1.82, 2.24) is 15.3 Å². The number of fused-ring (bicyclic) bond motifs is 3. The van der Waals surface area contributed by atoms with E-state index in [9.17, 15) is 14.4 Å². The van der Waals surface area contributed by atoms with Crippen molar-refractivity contribution >= 4 is 39.5 Å². The van der Waals surface area contributed by atoms with E-state index in [-0.39, 0.29) is 30.2 Å². The van der Waals surface area contributed by atoms with Crippen molar-refractivity contribution in [1.29, 1.82) is 0 Å². The summed E-state index contributed by atoms with van der Waals surface area (Å²) in [6, 6.07) is 27.0. The standard InChI is InChI=1S/C30H25N3O4/c1-19(34)27-28-23(22-14-8-9-15-24(22)31-28)17-25(32-27)29(35)33-26(16-20-10-4-2-5-11-20)30(36)37-18-21-12-6-3-7-13-21/h2-15,17,26,31H,16,18H2,1H3,(H,33,35)/t26-/m0/s1. The first-order chi connectivity index (χ1) is 18.0. The molecule has 37 heavy (non-hydrogen) atoms. The Bertz CT molecular complexity index is 1590. The molecule has 2 aromatic heterocycles.